The average molecular weight is 501 g/mol. The van der Waals surface area contributed by atoms with Crippen LogP contribution in [-0.2, 0) is 4.79 Å². The second-order valence-corrected chi connectivity index (χ2v) is 8.58. The molecule has 30 heavy (non-hydrogen) atoms. The number of nitrogens with zero attached hydrogens (tertiary/aromatic N) is 2. The third-order valence-corrected chi connectivity index (χ3v) is 6.19. The second kappa shape index (κ2) is 9.04. The molecular weight excluding hydrogens is 486 g/mol. The molecular formula is C22H15BrClN3O2S. The van der Waals surface area contributed by atoms with Crippen molar-refractivity contribution < 1.29 is 4.79 Å². The van der Waals surface area contributed by atoms with Gasteiger partial charge in [-0.25, -0.2) is 4.98 Å². The van der Waals surface area contributed by atoms with E-state index in [0.717, 1.165) is 4.47 Å². The highest BCUT2D eigenvalue weighted by Gasteiger charge is 2.15. The van der Waals surface area contributed by atoms with Crippen molar-refractivity contribution in [1.82, 2.24) is 9.55 Å². The first-order valence-corrected chi connectivity index (χ1v) is 11.1. The van der Waals surface area contributed by atoms with Crippen LogP contribution in [0.3, 0.4) is 0 Å². The summed E-state index contributed by atoms with van der Waals surface area (Å²) in [6.07, 6.45) is 0. The lowest BCUT2D eigenvalue weighted by atomic mass is 10.2. The molecule has 0 fully saturated rings. The van der Waals surface area contributed by atoms with Gasteiger partial charge in [0.25, 0.3) is 5.56 Å². The summed E-state index contributed by atoms with van der Waals surface area (Å²) >= 11 is 10.6. The number of rotatable bonds is 5. The van der Waals surface area contributed by atoms with Crippen LogP contribution in [0.4, 0.5) is 5.69 Å². The lowest BCUT2D eigenvalue weighted by Crippen LogP contribution is -2.23. The first-order valence-electron chi connectivity index (χ1n) is 8.98. The number of nitrogens with one attached hydrogen (secondary N) is 1. The van der Waals surface area contributed by atoms with Gasteiger partial charge in [-0.2, -0.15) is 0 Å². The fourth-order valence-corrected chi connectivity index (χ4v) is 4.23. The molecule has 0 spiro atoms. The summed E-state index contributed by atoms with van der Waals surface area (Å²) in [5, 5.41) is 4.37. The predicted octanol–water partition coefficient (Wildman–Crippen LogP) is 5.53. The molecule has 3 aromatic carbocycles. The Labute approximate surface area is 190 Å². The van der Waals surface area contributed by atoms with E-state index >= 15 is 0 Å². The topological polar surface area (TPSA) is 64.0 Å². The van der Waals surface area contributed by atoms with Gasteiger partial charge in [-0.1, -0.05) is 47.6 Å². The van der Waals surface area contributed by atoms with Crippen LogP contribution in [0.15, 0.2) is 87.2 Å². The number of fused-ring (bicyclic) bond motifs is 1. The first-order chi connectivity index (χ1) is 14.5. The van der Waals surface area contributed by atoms with E-state index in [2.05, 4.69) is 26.2 Å². The summed E-state index contributed by atoms with van der Waals surface area (Å²) < 4.78 is 2.31. The molecule has 0 saturated heterocycles. The van der Waals surface area contributed by atoms with Gasteiger partial charge in [0.05, 0.1) is 28.0 Å². The van der Waals surface area contributed by atoms with Crippen LogP contribution < -0.4 is 10.9 Å². The van der Waals surface area contributed by atoms with E-state index in [1.807, 2.05) is 30.3 Å². The third-order valence-electron chi connectivity index (χ3n) is 4.31. The number of hydrogen-bond acceptors (Lipinski definition) is 4. The standard InChI is InChI=1S/C22H15BrClN3O2S/c23-17-6-2-4-8-19(17)25-20(28)13-30-22-26-18-7-3-1-5-16(18)21(29)27(22)15-11-9-14(24)10-12-15/h1-12H,13H2,(H,25,28). The van der Waals surface area contributed by atoms with Crippen molar-refractivity contribution in [2.75, 3.05) is 11.1 Å². The van der Waals surface area contributed by atoms with Gasteiger partial charge in [0.2, 0.25) is 5.91 Å². The molecule has 0 aliphatic heterocycles. The minimum atomic E-state index is -0.198. The van der Waals surface area contributed by atoms with Crippen LogP contribution >= 0.6 is 39.3 Å². The van der Waals surface area contributed by atoms with Gasteiger partial charge in [-0.3, -0.25) is 14.2 Å². The molecule has 0 atom stereocenters. The van der Waals surface area contributed by atoms with Gasteiger partial charge >= 0.3 is 0 Å². The molecule has 0 radical (unpaired) electrons. The highest BCUT2D eigenvalue weighted by Crippen LogP contribution is 2.24. The Morgan fingerprint density at radius 2 is 1.73 bits per heavy atom. The van der Waals surface area contributed by atoms with Crippen molar-refractivity contribution in [1.29, 1.82) is 0 Å². The van der Waals surface area contributed by atoms with Gasteiger partial charge < -0.3 is 5.32 Å². The molecule has 8 heteroatoms. The Balaban J connectivity index is 1.68. The maximum Gasteiger partial charge on any atom is 0.266 e. The molecule has 0 saturated carbocycles. The number of amides is 1. The fraction of sp³-hybridized carbons (Fsp3) is 0.0455. The Bertz CT molecular complexity index is 1290. The maximum absolute atomic E-state index is 13.2. The molecule has 4 aromatic rings. The van der Waals surface area contributed by atoms with Crippen LogP contribution in [0.1, 0.15) is 0 Å². The van der Waals surface area contributed by atoms with Crippen molar-refractivity contribution in [2.45, 2.75) is 5.16 Å². The van der Waals surface area contributed by atoms with Crippen LogP contribution in [0.25, 0.3) is 16.6 Å². The van der Waals surface area contributed by atoms with Crippen LogP contribution in [-0.4, -0.2) is 21.2 Å². The van der Waals surface area contributed by atoms with E-state index < -0.39 is 0 Å². The highest BCUT2D eigenvalue weighted by molar-refractivity contribution is 9.10. The van der Waals surface area contributed by atoms with Crippen molar-refractivity contribution in [3.05, 3.63) is 92.6 Å². The largest absolute Gasteiger partial charge is 0.324 e. The van der Waals surface area contributed by atoms with Gasteiger partial charge in [0.1, 0.15) is 0 Å². The first kappa shape index (κ1) is 20.7. The minimum Gasteiger partial charge on any atom is -0.324 e. The quantitative estimate of drug-likeness (QED) is 0.289. The average Bonchev–Trinajstić information content (AvgIpc) is 2.75. The molecule has 1 heterocycles. The number of hydrogen-bond donors (Lipinski definition) is 1. The lowest BCUT2D eigenvalue weighted by Gasteiger charge is -2.13. The summed E-state index contributed by atoms with van der Waals surface area (Å²) in [5.41, 5.74) is 1.71. The van der Waals surface area contributed by atoms with Gasteiger partial charge in [0, 0.05) is 9.50 Å². The Morgan fingerprint density at radius 3 is 2.50 bits per heavy atom. The molecule has 0 bridgehead atoms. The third kappa shape index (κ3) is 4.43. The van der Waals surface area contributed by atoms with Crippen molar-refractivity contribution in [3.63, 3.8) is 0 Å². The van der Waals surface area contributed by atoms with Gasteiger partial charge in [0.15, 0.2) is 5.16 Å². The van der Waals surface area contributed by atoms with Crippen LogP contribution in [0, 0.1) is 0 Å². The van der Waals surface area contributed by atoms with Gasteiger partial charge in [-0.15, -0.1) is 0 Å². The number of anilines is 1. The van der Waals surface area contributed by atoms with E-state index in [-0.39, 0.29) is 17.2 Å². The maximum atomic E-state index is 13.2. The van der Waals surface area contributed by atoms with E-state index in [1.54, 1.807) is 42.5 Å². The molecule has 0 aliphatic rings. The number of para-hydroxylation sites is 2. The SMILES string of the molecule is O=C(CSc1nc2ccccc2c(=O)n1-c1ccc(Cl)cc1)Nc1ccccc1Br. The smallest absolute Gasteiger partial charge is 0.266 e. The number of halogens is 2. The van der Waals surface area contributed by atoms with Crippen LogP contribution in [0.2, 0.25) is 5.02 Å². The normalized spacial score (nSPS) is 10.9. The van der Waals surface area contributed by atoms with Crippen molar-refractivity contribution in [3.8, 4) is 5.69 Å². The summed E-state index contributed by atoms with van der Waals surface area (Å²) in [5.74, 6) is -0.100. The highest BCUT2D eigenvalue weighted by atomic mass is 79.9. The molecule has 5 nitrogen and oxygen atoms in total. The minimum absolute atomic E-state index is 0.0969. The molecule has 150 valence electrons. The van der Waals surface area contributed by atoms with E-state index in [9.17, 15) is 9.59 Å². The van der Waals surface area contributed by atoms with Crippen molar-refractivity contribution in [2.24, 2.45) is 0 Å². The zero-order valence-corrected chi connectivity index (χ0v) is 18.7. The predicted molar refractivity (Wildman–Crippen MR) is 126 cm³/mol. The Hall–Kier alpha value is -2.61. The molecule has 1 amide bonds. The molecule has 0 unspecified atom stereocenters. The number of aromatic nitrogens is 2. The zero-order chi connectivity index (χ0) is 21.1. The van der Waals surface area contributed by atoms with E-state index in [1.165, 1.54) is 16.3 Å². The monoisotopic (exact) mass is 499 g/mol. The van der Waals surface area contributed by atoms with E-state index in [4.69, 9.17) is 11.6 Å². The Kier molecular flexibility index (Phi) is 6.22. The van der Waals surface area contributed by atoms with Gasteiger partial charge in [-0.05, 0) is 64.5 Å². The summed E-state index contributed by atoms with van der Waals surface area (Å²) in [7, 11) is 0. The lowest BCUT2D eigenvalue weighted by molar-refractivity contribution is -0.113. The number of benzene rings is 3. The molecule has 1 N–H and O–H groups in total. The van der Waals surface area contributed by atoms with Crippen molar-refractivity contribution >= 4 is 61.8 Å². The number of carbonyl (C=O) groups is 1. The molecule has 0 aliphatic carbocycles. The summed E-state index contributed by atoms with van der Waals surface area (Å²) in [6, 6.07) is 21.5. The number of carbonyl (C=O) groups excluding carboxylic acids is 1. The molecule has 4 rings (SSSR count). The number of thioether (sulfide) groups is 1. The fourth-order valence-electron chi connectivity index (χ4n) is 2.91. The molecule has 1 aromatic heterocycles. The summed E-state index contributed by atoms with van der Waals surface area (Å²) in [4.78, 5) is 30.3. The second-order valence-electron chi connectivity index (χ2n) is 6.35. The summed E-state index contributed by atoms with van der Waals surface area (Å²) in [6.45, 7) is 0. The zero-order valence-electron chi connectivity index (χ0n) is 15.5. The Morgan fingerprint density at radius 1 is 1.03 bits per heavy atom. The van der Waals surface area contributed by atoms with E-state index in [0.29, 0.717) is 32.5 Å². The van der Waals surface area contributed by atoms with Crippen LogP contribution in [0.5, 0.6) is 0 Å².